The Hall–Kier alpha value is -0.0331. The van der Waals surface area contributed by atoms with E-state index in [1.165, 1.54) is 9.13 Å². The zero-order valence-electron chi connectivity index (χ0n) is 7.64. The first-order valence-electron chi connectivity index (χ1n) is 4.27. The number of hydrogen-bond donors (Lipinski definition) is 0. The maximum Gasteiger partial charge on any atom is 0.120 e. The maximum atomic E-state index is 5.57. The summed E-state index contributed by atoms with van der Waals surface area (Å²) in [5.41, 5.74) is 1.25. The molecule has 13 heavy (non-hydrogen) atoms. The predicted octanol–water partition coefficient (Wildman–Crippen LogP) is 2.96. The lowest BCUT2D eigenvalue weighted by Crippen LogP contribution is -1.97. The molecule has 69 valence electrons. The Morgan fingerprint density at radius 1 is 1.38 bits per heavy atom. The van der Waals surface area contributed by atoms with Crippen LogP contribution in [0.5, 0.6) is 5.75 Å². The van der Waals surface area contributed by atoms with Gasteiger partial charge in [0.05, 0.1) is 6.61 Å². The molecule has 0 fully saturated rings. The van der Waals surface area contributed by atoms with Crippen molar-refractivity contribution >= 4 is 32.8 Å². The number of aryl methyl sites for hydroxylation is 1. The van der Waals surface area contributed by atoms with Crippen LogP contribution in [0, 0.1) is 10.5 Å². The smallest absolute Gasteiger partial charge is 0.120 e. The Balaban J connectivity index is 2.56. The first-order chi connectivity index (χ1) is 6.22. The molecule has 0 saturated carbocycles. The summed E-state index contributed by atoms with van der Waals surface area (Å²) in [4.78, 5) is 0. The fraction of sp³-hybridized carbons (Fsp3) is 0.400. The van der Waals surface area contributed by atoms with Crippen molar-refractivity contribution < 1.29 is 4.74 Å². The van der Waals surface area contributed by atoms with Gasteiger partial charge in [0.25, 0.3) is 0 Å². The van der Waals surface area contributed by atoms with Crippen LogP contribution in [-0.2, 0) is 0 Å². The summed E-state index contributed by atoms with van der Waals surface area (Å²) in [6.07, 6.45) is 1.04. The van der Waals surface area contributed by atoms with Gasteiger partial charge >= 0.3 is 0 Å². The van der Waals surface area contributed by atoms with Gasteiger partial charge in [-0.2, -0.15) is 0 Å². The van der Waals surface area contributed by atoms with Crippen molar-refractivity contribution in [1.29, 1.82) is 0 Å². The summed E-state index contributed by atoms with van der Waals surface area (Å²) < 4.78 is 6.80. The predicted molar refractivity (Wildman–Crippen MR) is 64.6 cm³/mol. The van der Waals surface area contributed by atoms with Gasteiger partial charge in [-0.15, -0.1) is 0 Å². The molecule has 0 unspecified atom stereocenters. The van der Waals surface area contributed by atoms with Crippen LogP contribution in [0.3, 0.4) is 0 Å². The first kappa shape index (κ1) is 11.0. The van der Waals surface area contributed by atoms with Gasteiger partial charge in [0.2, 0.25) is 0 Å². The topological polar surface area (TPSA) is 9.23 Å². The van der Waals surface area contributed by atoms with Gasteiger partial charge in [0.15, 0.2) is 0 Å². The van der Waals surface area contributed by atoms with Crippen molar-refractivity contribution in [2.45, 2.75) is 19.4 Å². The molecule has 0 aromatic heterocycles. The van der Waals surface area contributed by atoms with Gasteiger partial charge in [-0.3, -0.25) is 0 Å². The van der Waals surface area contributed by atoms with E-state index in [1.807, 2.05) is 0 Å². The van der Waals surface area contributed by atoms with Crippen LogP contribution in [0.25, 0.3) is 0 Å². The van der Waals surface area contributed by atoms with Gasteiger partial charge in [0, 0.05) is 13.8 Å². The van der Waals surface area contributed by atoms with E-state index in [9.17, 15) is 0 Å². The molecule has 0 aliphatic rings. The van der Waals surface area contributed by atoms with Crippen LogP contribution in [0.4, 0.5) is 0 Å². The third-order valence-electron chi connectivity index (χ3n) is 1.61. The average molecular weight is 303 g/mol. The highest BCUT2D eigenvalue weighted by Crippen LogP contribution is 2.18. The number of halogens is 1. The highest BCUT2D eigenvalue weighted by molar-refractivity contribution is 14.1. The molecule has 0 heterocycles. The third kappa shape index (κ3) is 4.13. The zero-order chi connectivity index (χ0) is 9.68. The molecule has 0 N–H and O–H groups in total. The van der Waals surface area contributed by atoms with Gasteiger partial charge in [0.1, 0.15) is 5.75 Å². The molecule has 0 bridgehead atoms. The van der Waals surface area contributed by atoms with Crippen molar-refractivity contribution in [1.82, 2.24) is 0 Å². The van der Waals surface area contributed by atoms with Crippen molar-refractivity contribution in [2.75, 3.05) is 6.61 Å². The highest BCUT2D eigenvalue weighted by Gasteiger charge is 1.96. The molecule has 0 aliphatic carbocycles. The van der Waals surface area contributed by atoms with Crippen molar-refractivity contribution in [3.05, 3.63) is 27.3 Å². The van der Waals surface area contributed by atoms with Gasteiger partial charge in [-0.25, -0.2) is 0 Å². The molecular formula is C10H12IOSi. The SMILES string of the molecule is Cc1cc(I)cc(OCCC[Si])c1. The second-order valence-corrected chi connectivity index (χ2v) is 4.66. The Kier molecular flexibility index (Phi) is 4.80. The lowest BCUT2D eigenvalue weighted by atomic mass is 10.2. The van der Waals surface area contributed by atoms with Gasteiger partial charge in [-0.05, 0) is 59.7 Å². The van der Waals surface area contributed by atoms with E-state index in [0.717, 1.165) is 24.8 Å². The normalized spacial score (nSPS) is 10.1. The minimum Gasteiger partial charge on any atom is -0.494 e. The molecule has 0 aliphatic heterocycles. The van der Waals surface area contributed by atoms with E-state index in [4.69, 9.17) is 4.74 Å². The summed E-state index contributed by atoms with van der Waals surface area (Å²) in [5.74, 6) is 0.976. The third-order valence-corrected chi connectivity index (χ3v) is 2.58. The Bertz CT molecular complexity index is 255. The molecule has 0 atom stereocenters. The summed E-state index contributed by atoms with van der Waals surface area (Å²) in [7, 11) is 3.41. The largest absolute Gasteiger partial charge is 0.494 e. The van der Waals surface area contributed by atoms with Crippen LogP contribution in [0.2, 0.25) is 6.04 Å². The van der Waals surface area contributed by atoms with Crippen LogP contribution in [0.15, 0.2) is 18.2 Å². The van der Waals surface area contributed by atoms with Crippen LogP contribution in [0.1, 0.15) is 12.0 Å². The van der Waals surface area contributed by atoms with E-state index >= 15 is 0 Å². The van der Waals surface area contributed by atoms with Crippen molar-refractivity contribution in [2.24, 2.45) is 0 Å². The lowest BCUT2D eigenvalue weighted by molar-refractivity contribution is 0.317. The second kappa shape index (κ2) is 5.65. The maximum absolute atomic E-state index is 5.57. The molecule has 3 heteroatoms. The van der Waals surface area contributed by atoms with Gasteiger partial charge in [-0.1, -0.05) is 6.04 Å². The molecule has 1 aromatic carbocycles. The standard InChI is InChI=1S/C10H12IOSi/c1-8-5-9(11)7-10(6-8)12-3-2-4-13/h5-7H,2-4H2,1H3. The Morgan fingerprint density at radius 2 is 2.15 bits per heavy atom. The molecule has 0 spiro atoms. The van der Waals surface area contributed by atoms with Gasteiger partial charge < -0.3 is 4.74 Å². The summed E-state index contributed by atoms with van der Waals surface area (Å²) >= 11 is 2.30. The number of benzene rings is 1. The van der Waals surface area contributed by atoms with E-state index in [2.05, 4.69) is 58.0 Å². The highest BCUT2D eigenvalue weighted by atomic mass is 127. The van der Waals surface area contributed by atoms with Crippen molar-refractivity contribution in [3.63, 3.8) is 0 Å². The van der Waals surface area contributed by atoms with E-state index in [0.29, 0.717) is 0 Å². The first-order valence-corrected chi connectivity index (χ1v) is 6.05. The summed E-state index contributed by atoms with van der Waals surface area (Å²) in [6, 6.07) is 7.25. The second-order valence-electron chi connectivity index (χ2n) is 2.92. The quantitative estimate of drug-likeness (QED) is 0.472. The number of hydrogen-bond acceptors (Lipinski definition) is 1. The number of rotatable bonds is 4. The van der Waals surface area contributed by atoms with Crippen LogP contribution < -0.4 is 4.74 Å². The fourth-order valence-electron chi connectivity index (χ4n) is 1.05. The Morgan fingerprint density at radius 3 is 2.77 bits per heavy atom. The molecule has 0 amide bonds. The zero-order valence-corrected chi connectivity index (χ0v) is 10.8. The summed E-state index contributed by atoms with van der Waals surface area (Å²) in [5, 5.41) is 0. The van der Waals surface area contributed by atoms with E-state index in [1.54, 1.807) is 0 Å². The average Bonchev–Trinajstić information content (AvgIpc) is 2.03. The summed E-state index contributed by atoms with van der Waals surface area (Å²) in [6.45, 7) is 2.86. The minimum absolute atomic E-state index is 0.781. The molecule has 1 aromatic rings. The molecule has 0 saturated heterocycles. The van der Waals surface area contributed by atoms with Crippen molar-refractivity contribution in [3.8, 4) is 5.75 Å². The molecule has 1 rings (SSSR count). The van der Waals surface area contributed by atoms with E-state index in [-0.39, 0.29) is 0 Å². The monoisotopic (exact) mass is 303 g/mol. The molecule has 3 radical (unpaired) electrons. The fourth-order valence-corrected chi connectivity index (χ4v) is 1.99. The van der Waals surface area contributed by atoms with Crippen LogP contribution >= 0.6 is 22.6 Å². The molecular weight excluding hydrogens is 291 g/mol. The lowest BCUT2D eigenvalue weighted by Gasteiger charge is -2.06. The molecule has 1 nitrogen and oxygen atoms in total. The Labute approximate surface area is 96.4 Å². The van der Waals surface area contributed by atoms with Crippen LogP contribution in [-0.4, -0.2) is 16.8 Å². The number of ether oxygens (including phenoxy) is 1. The minimum atomic E-state index is 0.781. The van der Waals surface area contributed by atoms with E-state index < -0.39 is 0 Å².